The molecule has 0 unspecified atom stereocenters. The van der Waals surface area contributed by atoms with Gasteiger partial charge >= 0.3 is 0 Å². The van der Waals surface area contributed by atoms with Crippen molar-refractivity contribution in [2.24, 2.45) is 0 Å². The monoisotopic (exact) mass is 278 g/mol. The molecule has 4 rings (SSSR count). The van der Waals surface area contributed by atoms with Gasteiger partial charge in [-0.2, -0.15) is 0 Å². The average molecular weight is 278 g/mol. The number of benzene rings is 2. The number of hydrogen-bond donors (Lipinski definition) is 0. The Bertz CT molecular complexity index is 878. The largest absolute Gasteiger partial charge is 0.490 e. The highest BCUT2D eigenvalue weighted by Crippen LogP contribution is 2.35. The molecule has 0 aliphatic carbocycles. The average Bonchev–Trinajstić information content (AvgIpc) is 2.89. The van der Waals surface area contributed by atoms with Crippen LogP contribution in [0, 0.1) is 0 Å². The van der Waals surface area contributed by atoms with Crippen LogP contribution in [0.4, 0.5) is 0 Å². The Balaban J connectivity index is 2.01. The first-order valence-electron chi connectivity index (χ1n) is 7.04. The first kappa shape index (κ1) is 12.2. The summed E-state index contributed by atoms with van der Waals surface area (Å²) in [5, 5.41) is 0.617. The lowest BCUT2D eigenvalue weighted by Gasteiger charge is -2.06. The van der Waals surface area contributed by atoms with Crippen molar-refractivity contribution in [2.75, 3.05) is 0 Å². The van der Waals surface area contributed by atoms with Crippen molar-refractivity contribution in [3.63, 3.8) is 0 Å². The Kier molecular flexibility index (Phi) is 2.61. The molecule has 21 heavy (non-hydrogen) atoms. The van der Waals surface area contributed by atoms with Crippen LogP contribution in [0.1, 0.15) is 12.5 Å². The van der Waals surface area contributed by atoms with Crippen molar-refractivity contribution in [2.45, 2.75) is 19.4 Å². The van der Waals surface area contributed by atoms with E-state index in [9.17, 15) is 4.79 Å². The smallest absolute Gasteiger partial charge is 0.193 e. The van der Waals surface area contributed by atoms with E-state index in [1.807, 2.05) is 43.3 Å². The fourth-order valence-corrected chi connectivity index (χ4v) is 2.85. The molecule has 3 heteroatoms. The second-order valence-corrected chi connectivity index (χ2v) is 5.39. The summed E-state index contributed by atoms with van der Waals surface area (Å²) in [6, 6.07) is 14.9. The van der Waals surface area contributed by atoms with E-state index < -0.39 is 0 Å². The van der Waals surface area contributed by atoms with E-state index in [-0.39, 0.29) is 11.5 Å². The minimum Gasteiger partial charge on any atom is -0.490 e. The van der Waals surface area contributed by atoms with Crippen molar-refractivity contribution in [3.8, 4) is 17.1 Å². The van der Waals surface area contributed by atoms with Gasteiger partial charge in [0, 0.05) is 23.6 Å². The minimum atomic E-state index is -0.0162. The molecule has 1 aliphatic heterocycles. The van der Waals surface area contributed by atoms with Crippen LogP contribution in [-0.2, 0) is 6.42 Å². The molecule has 1 atom stereocenters. The van der Waals surface area contributed by atoms with Gasteiger partial charge in [-0.3, -0.25) is 4.79 Å². The zero-order valence-electron chi connectivity index (χ0n) is 11.6. The van der Waals surface area contributed by atoms with E-state index in [1.54, 1.807) is 12.1 Å². The second-order valence-electron chi connectivity index (χ2n) is 5.39. The molecule has 1 aromatic heterocycles. The first-order chi connectivity index (χ1) is 10.2. The Morgan fingerprint density at radius 1 is 1.10 bits per heavy atom. The van der Waals surface area contributed by atoms with Gasteiger partial charge in [0.25, 0.3) is 0 Å². The zero-order chi connectivity index (χ0) is 14.4. The summed E-state index contributed by atoms with van der Waals surface area (Å²) in [5.41, 5.74) is 2.54. The Hall–Kier alpha value is -2.55. The molecule has 0 bridgehead atoms. The van der Waals surface area contributed by atoms with Gasteiger partial charge in [0.15, 0.2) is 5.43 Å². The lowest BCUT2D eigenvalue weighted by molar-refractivity contribution is 0.254. The van der Waals surface area contributed by atoms with E-state index in [0.29, 0.717) is 16.7 Å². The number of hydrogen-bond acceptors (Lipinski definition) is 3. The normalized spacial score (nSPS) is 16.7. The van der Waals surface area contributed by atoms with E-state index in [0.717, 1.165) is 23.3 Å². The maximum atomic E-state index is 12.4. The highest BCUT2D eigenvalue weighted by molar-refractivity contribution is 5.84. The number of rotatable bonds is 1. The predicted octanol–water partition coefficient (Wildman–Crippen LogP) is 3.78. The van der Waals surface area contributed by atoms with Crippen LogP contribution < -0.4 is 10.2 Å². The third kappa shape index (κ3) is 1.93. The van der Waals surface area contributed by atoms with Gasteiger partial charge in [0.1, 0.15) is 23.2 Å². The molecule has 104 valence electrons. The highest BCUT2D eigenvalue weighted by atomic mass is 16.5. The van der Waals surface area contributed by atoms with Gasteiger partial charge in [0.05, 0.1) is 5.39 Å². The molecule has 3 aromatic rings. The summed E-state index contributed by atoms with van der Waals surface area (Å²) < 4.78 is 11.8. The maximum absolute atomic E-state index is 12.4. The van der Waals surface area contributed by atoms with Crippen LogP contribution in [0.15, 0.2) is 57.7 Å². The third-order valence-electron chi connectivity index (χ3n) is 3.84. The molecule has 0 saturated carbocycles. The molecule has 2 heterocycles. The summed E-state index contributed by atoms with van der Waals surface area (Å²) in [5.74, 6) is 1.42. The Morgan fingerprint density at radius 3 is 2.71 bits per heavy atom. The molecule has 2 aromatic carbocycles. The van der Waals surface area contributed by atoms with Gasteiger partial charge in [-0.05, 0) is 19.1 Å². The molecular formula is C18H14O3. The summed E-state index contributed by atoms with van der Waals surface area (Å²) in [6.07, 6.45) is 0.893. The summed E-state index contributed by atoms with van der Waals surface area (Å²) in [7, 11) is 0. The van der Waals surface area contributed by atoms with Crippen molar-refractivity contribution in [3.05, 3.63) is 64.3 Å². The molecule has 0 spiro atoms. The van der Waals surface area contributed by atoms with Crippen LogP contribution in [0.25, 0.3) is 22.3 Å². The molecule has 0 radical (unpaired) electrons. The Morgan fingerprint density at radius 2 is 1.90 bits per heavy atom. The molecule has 0 fully saturated rings. The molecule has 3 nitrogen and oxygen atoms in total. The van der Waals surface area contributed by atoms with Crippen molar-refractivity contribution < 1.29 is 9.15 Å². The van der Waals surface area contributed by atoms with Crippen molar-refractivity contribution >= 4 is 11.0 Å². The minimum absolute atomic E-state index is 0.0162. The zero-order valence-corrected chi connectivity index (χ0v) is 11.6. The number of ether oxygens (including phenoxy) is 1. The lowest BCUT2D eigenvalue weighted by Crippen LogP contribution is -2.05. The van der Waals surface area contributed by atoms with Crippen LogP contribution in [0.3, 0.4) is 0 Å². The van der Waals surface area contributed by atoms with E-state index in [4.69, 9.17) is 9.15 Å². The molecule has 1 aliphatic rings. The molecule has 0 saturated heterocycles. The predicted molar refractivity (Wildman–Crippen MR) is 81.7 cm³/mol. The second kappa shape index (κ2) is 4.48. The number of fused-ring (bicyclic) bond motifs is 3. The highest BCUT2D eigenvalue weighted by Gasteiger charge is 2.23. The van der Waals surface area contributed by atoms with Gasteiger partial charge in [-0.1, -0.05) is 30.3 Å². The molecule has 0 amide bonds. The van der Waals surface area contributed by atoms with E-state index in [1.165, 1.54) is 0 Å². The van der Waals surface area contributed by atoms with E-state index >= 15 is 0 Å². The molecular weight excluding hydrogens is 264 g/mol. The summed E-state index contributed by atoms with van der Waals surface area (Å²) in [6.45, 7) is 2.02. The fourth-order valence-electron chi connectivity index (χ4n) is 2.85. The van der Waals surface area contributed by atoms with Crippen LogP contribution in [0.5, 0.6) is 5.75 Å². The third-order valence-corrected chi connectivity index (χ3v) is 3.84. The Labute approximate surface area is 121 Å². The van der Waals surface area contributed by atoms with E-state index in [2.05, 4.69) is 0 Å². The SMILES string of the molecule is C[C@H]1Cc2c(ccc3c(=O)cc(-c4ccccc4)oc23)O1. The van der Waals surface area contributed by atoms with Crippen LogP contribution >= 0.6 is 0 Å². The van der Waals surface area contributed by atoms with Crippen LogP contribution in [-0.4, -0.2) is 6.10 Å². The van der Waals surface area contributed by atoms with Crippen LogP contribution in [0.2, 0.25) is 0 Å². The quantitative estimate of drug-likeness (QED) is 0.680. The van der Waals surface area contributed by atoms with Crippen molar-refractivity contribution in [1.82, 2.24) is 0 Å². The summed E-state index contributed by atoms with van der Waals surface area (Å²) >= 11 is 0. The molecule has 0 N–H and O–H groups in total. The topological polar surface area (TPSA) is 39.4 Å². The lowest BCUT2D eigenvalue weighted by atomic mass is 10.1. The maximum Gasteiger partial charge on any atom is 0.193 e. The van der Waals surface area contributed by atoms with Gasteiger partial charge < -0.3 is 9.15 Å². The van der Waals surface area contributed by atoms with Crippen molar-refractivity contribution in [1.29, 1.82) is 0 Å². The fraction of sp³-hybridized carbons (Fsp3) is 0.167. The summed E-state index contributed by atoms with van der Waals surface area (Å²) in [4.78, 5) is 12.4. The first-order valence-corrected chi connectivity index (χ1v) is 7.04. The van der Waals surface area contributed by atoms with Gasteiger partial charge in [-0.25, -0.2) is 0 Å². The standard InChI is InChI=1S/C18H14O3/c1-11-9-14-16(20-11)8-7-13-15(19)10-17(21-18(13)14)12-5-3-2-4-6-12/h2-8,10-11H,9H2,1H3/t11-/m0/s1. The van der Waals surface area contributed by atoms with Gasteiger partial charge in [-0.15, -0.1) is 0 Å². The van der Waals surface area contributed by atoms with Gasteiger partial charge in [0.2, 0.25) is 0 Å².